The van der Waals surface area contributed by atoms with Crippen molar-refractivity contribution >= 4 is 28.9 Å². The molecule has 0 amide bonds. The predicted molar refractivity (Wildman–Crippen MR) is 91.8 cm³/mol. The van der Waals surface area contributed by atoms with Gasteiger partial charge in [-0.15, -0.1) is 11.3 Å². The normalized spacial score (nSPS) is 11.0. The van der Waals surface area contributed by atoms with Crippen LogP contribution in [-0.2, 0) is 6.42 Å². The molecule has 21 heavy (non-hydrogen) atoms. The molecule has 0 radical (unpaired) electrons. The number of aryl methyl sites for hydroxylation is 1. The Balaban J connectivity index is 2.03. The summed E-state index contributed by atoms with van der Waals surface area (Å²) in [6.45, 7) is 2.25. The number of hydrogen-bond donors (Lipinski definition) is 1. The van der Waals surface area contributed by atoms with Crippen molar-refractivity contribution in [2.75, 3.05) is 0 Å². The van der Waals surface area contributed by atoms with Gasteiger partial charge in [-0.2, -0.15) is 0 Å². The molecule has 1 heterocycles. The van der Waals surface area contributed by atoms with Crippen LogP contribution in [0.3, 0.4) is 0 Å². The molecule has 1 N–H and O–H groups in total. The Labute approximate surface area is 137 Å². The Morgan fingerprint density at radius 2 is 1.57 bits per heavy atom. The van der Waals surface area contributed by atoms with Crippen LogP contribution in [0.5, 0.6) is 0 Å². The Morgan fingerprint density at radius 1 is 1.05 bits per heavy atom. The van der Waals surface area contributed by atoms with E-state index < -0.39 is 5.97 Å². The van der Waals surface area contributed by atoms with Crippen LogP contribution in [0.25, 0.3) is 0 Å². The summed E-state index contributed by atoms with van der Waals surface area (Å²) in [5, 5.41) is 8.92. The number of rotatable bonds is 12. The number of thiophene rings is 1. The molecule has 1 aromatic rings. The van der Waals surface area contributed by atoms with Crippen molar-refractivity contribution in [1.82, 2.24) is 0 Å². The fourth-order valence-electron chi connectivity index (χ4n) is 2.49. The van der Waals surface area contributed by atoms with E-state index in [9.17, 15) is 4.79 Å². The molecule has 0 fully saturated rings. The van der Waals surface area contributed by atoms with E-state index in [2.05, 4.69) is 6.92 Å². The van der Waals surface area contributed by atoms with Crippen molar-refractivity contribution < 1.29 is 9.90 Å². The minimum Gasteiger partial charge on any atom is -0.477 e. The van der Waals surface area contributed by atoms with Gasteiger partial charge in [-0.25, -0.2) is 4.79 Å². The van der Waals surface area contributed by atoms with Crippen molar-refractivity contribution in [2.24, 2.45) is 0 Å². The fraction of sp³-hybridized carbons (Fsp3) is 0.706. The number of halogens is 1. The highest BCUT2D eigenvalue weighted by atomic mass is 35.5. The highest BCUT2D eigenvalue weighted by molar-refractivity contribution is 7.18. The van der Waals surface area contributed by atoms with E-state index in [0.29, 0.717) is 9.21 Å². The second kappa shape index (κ2) is 11.1. The largest absolute Gasteiger partial charge is 0.477 e. The molecular weight excluding hydrogens is 304 g/mol. The van der Waals surface area contributed by atoms with Gasteiger partial charge in [-0.1, -0.05) is 76.3 Å². The van der Waals surface area contributed by atoms with Gasteiger partial charge in [-0.05, 0) is 24.5 Å². The maximum Gasteiger partial charge on any atom is 0.345 e. The SMILES string of the molecule is CCCCCCCCCCCCc1cc(C(=O)O)sc1Cl. The summed E-state index contributed by atoms with van der Waals surface area (Å²) in [5.41, 5.74) is 0.999. The number of carboxylic acid groups (broad SMARTS) is 1. The van der Waals surface area contributed by atoms with Crippen LogP contribution in [0.2, 0.25) is 4.34 Å². The summed E-state index contributed by atoms with van der Waals surface area (Å²) in [6, 6.07) is 1.73. The minimum absolute atomic E-state index is 0.349. The van der Waals surface area contributed by atoms with Crippen molar-refractivity contribution in [1.29, 1.82) is 0 Å². The van der Waals surface area contributed by atoms with Gasteiger partial charge in [-0.3, -0.25) is 0 Å². The summed E-state index contributed by atoms with van der Waals surface area (Å²) in [5.74, 6) is -0.878. The first-order chi connectivity index (χ1) is 10.1. The van der Waals surface area contributed by atoms with Gasteiger partial charge in [0.1, 0.15) is 4.88 Å². The lowest BCUT2D eigenvalue weighted by Gasteiger charge is -2.02. The van der Waals surface area contributed by atoms with Gasteiger partial charge >= 0.3 is 5.97 Å². The molecule has 0 saturated carbocycles. The lowest BCUT2D eigenvalue weighted by molar-refractivity contribution is 0.0702. The van der Waals surface area contributed by atoms with Gasteiger partial charge in [0.25, 0.3) is 0 Å². The molecule has 120 valence electrons. The average Bonchev–Trinajstić information content (AvgIpc) is 2.82. The number of aromatic carboxylic acids is 1. The van der Waals surface area contributed by atoms with Crippen LogP contribution in [0, 0.1) is 0 Å². The quantitative estimate of drug-likeness (QED) is 0.440. The van der Waals surface area contributed by atoms with E-state index >= 15 is 0 Å². The van der Waals surface area contributed by atoms with E-state index in [0.717, 1.165) is 18.4 Å². The highest BCUT2D eigenvalue weighted by Gasteiger charge is 2.11. The number of hydrogen-bond acceptors (Lipinski definition) is 2. The van der Waals surface area contributed by atoms with E-state index in [1.54, 1.807) is 6.07 Å². The van der Waals surface area contributed by atoms with Gasteiger partial charge in [0, 0.05) is 0 Å². The second-order valence-electron chi connectivity index (χ2n) is 5.65. The summed E-state index contributed by atoms with van der Waals surface area (Å²) < 4.78 is 0.642. The van der Waals surface area contributed by atoms with E-state index in [1.807, 2.05) is 0 Å². The molecule has 0 aliphatic heterocycles. The molecule has 4 heteroatoms. The van der Waals surface area contributed by atoms with E-state index in [-0.39, 0.29) is 0 Å². The maximum atomic E-state index is 10.9. The van der Waals surface area contributed by atoms with Gasteiger partial charge < -0.3 is 5.11 Å². The Hall–Kier alpha value is -0.540. The fourth-order valence-corrected chi connectivity index (χ4v) is 3.66. The van der Waals surface area contributed by atoms with Crippen LogP contribution >= 0.6 is 22.9 Å². The third-order valence-electron chi connectivity index (χ3n) is 3.77. The van der Waals surface area contributed by atoms with Gasteiger partial charge in [0.15, 0.2) is 0 Å². The molecule has 0 bridgehead atoms. The summed E-state index contributed by atoms with van der Waals surface area (Å²) in [7, 11) is 0. The van der Waals surface area contributed by atoms with Crippen LogP contribution in [0.1, 0.15) is 86.4 Å². The van der Waals surface area contributed by atoms with Crippen LogP contribution < -0.4 is 0 Å². The molecule has 0 spiro atoms. The Morgan fingerprint density at radius 3 is 2.05 bits per heavy atom. The average molecular weight is 331 g/mol. The molecule has 1 rings (SSSR count). The number of carboxylic acids is 1. The van der Waals surface area contributed by atoms with Gasteiger partial charge in [0.2, 0.25) is 0 Å². The summed E-state index contributed by atoms with van der Waals surface area (Å²) >= 11 is 7.24. The van der Waals surface area contributed by atoms with E-state index in [4.69, 9.17) is 16.7 Å². The summed E-state index contributed by atoms with van der Waals surface area (Å²) in [4.78, 5) is 11.2. The first kappa shape index (κ1) is 18.5. The van der Waals surface area contributed by atoms with Crippen LogP contribution in [0.15, 0.2) is 6.07 Å². The molecule has 0 aromatic carbocycles. The van der Waals surface area contributed by atoms with Crippen molar-refractivity contribution in [2.45, 2.75) is 77.6 Å². The molecule has 0 aliphatic carbocycles. The minimum atomic E-state index is -0.878. The molecule has 0 saturated heterocycles. The Kier molecular flexibility index (Phi) is 9.77. The lowest BCUT2D eigenvalue weighted by atomic mass is 10.0. The third kappa shape index (κ3) is 7.87. The molecule has 1 aromatic heterocycles. The molecule has 2 nitrogen and oxygen atoms in total. The molecule has 0 unspecified atom stereocenters. The van der Waals surface area contributed by atoms with Crippen molar-refractivity contribution in [3.05, 3.63) is 20.8 Å². The molecule has 0 aliphatic rings. The maximum absolute atomic E-state index is 10.9. The predicted octanol–water partition coefficient (Wildman–Crippen LogP) is 6.56. The smallest absolute Gasteiger partial charge is 0.345 e. The lowest BCUT2D eigenvalue weighted by Crippen LogP contribution is -1.91. The zero-order valence-electron chi connectivity index (χ0n) is 13.0. The van der Waals surface area contributed by atoms with Crippen molar-refractivity contribution in [3.63, 3.8) is 0 Å². The monoisotopic (exact) mass is 330 g/mol. The third-order valence-corrected chi connectivity index (χ3v) is 5.20. The number of carbonyl (C=O) groups is 1. The topological polar surface area (TPSA) is 37.3 Å². The van der Waals surface area contributed by atoms with Crippen LogP contribution in [-0.4, -0.2) is 11.1 Å². The first-order valence-corrected chi connectivity index (χ1v) is 9.36. The Bertz CT molecular complexity index is 415. The molecule has 0 atom stereocenters. The van der Waals surface area contributed by atoms with Crippen LogP contribution in [0.4, 0.5) is 0 Å². The standard InChI is InChI=1S/C17H27ClO2S/c1-2-3-4-5-6-7-8-9-10-11-12-14-13-15(17(19)20)21-16(14)18/h13H,2-12H2,1H3,(H,19,20). The van der Waals surface area contributed by atoms with Crippen molar-refractivity contribution in [3.8, 4) is 0 Å². The highest BCUT2D eigenvalue weighted by Crippen LogP contribution is 2.29. The zero-order chi connectivity index (χ0) is 15.5. The molecular formula is C17H27ClO2S. The zero-order valence-corrected chi connectivity index (χ0v) is 14.6. The second-order valence-corrected chi connectivity index (χ2v) is 7.30. The first-order valence-electron chi connectivity index (χ1n) is 8.16. The van der Waals surface area contributed by atoms with E-state index in [1.165, 1.54) is 69.1 Å². The van der Waals surface area contributed by atoms with Gasteiger partial charge in [0.05, 0.1) is 4.34 Å². The summed E-state index contributed by atoms with van der Waals surface area (Å²) in [6.07, 6.45) is 14.0. The number of unbranched alkanes of at least 4 members (excludes halogenated alkanes) is 9.